The average molecular weight is 220 g/mol. The highest BCUT2D eigenvalue weighted by Crippen LogP contribution is 2.20. The summed E-state index contributed by atoms with van der Waals surface area (Å²) >= 11 is 0. The molecule has 1 aliphatic rings. The van der Waals surface area contributed by atoms with Crippen molar-refractivity contribution in [2.24, 2.45) is 0 Å². The topological polar surface area (TPSA) is 69.6 Å². The molecule has 3 amide bonds. The third kappa shape index (κ3) is 2.31. The number of carbonyl (C=O) groups is 2. The molecule has 0 atom stereocenters. The second kappa shape index (κ2) is 4.22. The number of hydrogen-bond acceptors (Lipinski definition) is 2. The van der Waals surface area contributed by atoms with Crippen molar-refractivity contribution in [3.63, 3.8) is 0 Å². The van der Waals surface area contributed by atoms with Crippen LogP contribution in [0.1, 0.15) is 12.8 Å². The maximum Gasteiger partial charge on any atom is 0.420 e. The maximum absolute atomic E-state index is 11.7. The fraction of sp³-hybridized carbons (Fsp3) is 0.273. The van der Waals surface area contributed by atoms with Crippen molar-refractivity contribution < 1.29 is 14.7 Å². The Balaban J connectivity index is 2.16. The number of carboxylic acid groups (broad SMARTS) is 1. The molecule has 5 nitrogen and oxygen atoms in total. The summed E-state index contributed by atoms with van der Waals surface area (Å²) in [5.41, 5.74) is 0.355. The van der Waals surface area contributed by atoms with E-state index in [4.69, 9.17) is 5.11 Å². The molecule has 2 rings (SSSR count). The van der Waals surface area contributed by atoms with Crippen LogP contribution in [0.4, 0.5) is 15.3 Å². The number of anilines is 1. The lowest BCUT2D eigenvalue weighted by Gasteiger charge is -2.17. The number of carbonyl (C=O) groups excluding carboxylic acids is 1. The lowest BCUT2D eigenvalue weighted by atomic mass is 10.3. The SMILES string of the molecule is O=C(O)N(C(=O)NC1CC1)c1ccccc1. The lowest BCUT2D eigenvalue weighted by Crippen LogP contribution is -2.44. The van der Waals surface area contributed by atoms with Gasteiger partial charge in [0.15, 0.2) is 0 Å². The summed E-state index contributed by atoms with van der Waals surface area (Å²) in [5.74, 6) is 0. The van der Waals surface area contributed by atoms with Crippen LogP contribution < -0.4 is 10.2 Å². The van der Waals surface area contributed by atoms with E-state index in [2.05, 4.69) is 5.32 Å². The zero-order valence-electron chi connectivity index (χ0n) is 8.59. The summed E-state index contributed by atoms with van der Waals surface area (Å²) in [6.07, 6.45) is 0.575. The minimum Gasteiger partial charge on any atom is -0.464 e. The number of nitrogens with one attached hydrogen (secondary N) is 1. The summed E-state index contributed by atoms with van der Waals surface area (Å²) in [5, 5.41) is 11.6. The standard InChI is InChI=1S/C11H12N2O3/c14-10(12-8-6-7-8)13(11(15)16)9-4-2-1-3-5-9/h1-5,8H,6-7H2,(H,12,14)(H,15,16). The second-order valence-corrected chi connectivity index (χ2v) is 3.68. The molecule has 1 aromatic rings. The highest BCUT2D eigenvalue weighted by molar-refractivity contribution is 6.10. The number of amides is 3. The fourth-order valence-electron chi connectivity index (χ4n) is 1.36. The third-order valence-electron chi connectivity index (χ3n) is 2.31. The van der Waals surface area contributed by atoms with Crippen LogP contribution in [0.25, 0.3) is 0 Å². The Morgan fingerprint density at radius 2 is 1.88 bits per heavy atom. The fourth-order valence-corrected chi connectivity index (χ4v) is 1.36. The van der Waals surface area contributed by atoms with Crippen LogP contribution in [-0.2, 0) is 0 Å². The van der Waals surface area contributed by atoms with Gasteiger partial charge >= 0.3 is 12.1 Å². The van der Waals surface area contributed by atoms with E-state index in [1.807, 2.05) is 0 Å². The van der Waals surface area contributed by atoms with Crippen molar-refractivity contribution in [3.8, 4) is 0 Å². The number of hydrogen-bond donors (Lipinski definition) is 2. The minimum atomic E-state index is -1.27. The molecule has 0 aliphatic heterocycles. The van der Waals surface area contributed by atoms with E-state index in [0.29, 0.717) is 5.69 Å². The molecule has 5 heteroatoms. The van der Waals surface area contributed by atoms with E-state index < -0.39 is 12.1 Å². The molecule has 0 saturated heterocycles. The van der Waals surface area contributed by atoms with Crippen LogP contribution in [0.15, 0.2) is 30.3 Å². The van der Waals surface area contributed by atoms with E-state index >= 15 is 0 Å². The van der Waals surface area contributed by atoms with Gasteiger partial charge in [-0.15, -0.1) is 0 Å². The molecular formula is C11H12N2O3. The van der Waals surface area contributed by atoms with Gasteiger partial charge in [-0.1, -0.05) is 18.2 Å². The van der Waals surface area contributed by atoms with Gasteiger partial charge in [0.05, 0.1) is 5.69 Å². The normalized spacial score (nSPS) is 14.2. The molecule has 2 N–H and O–H groups in total. The van der Waals surface area contributed by atoms with E-state index in [1.165, 1.54) is 0 Å². The van der Waals surface area contributed by atoms with Gasteiger partial charge in [-0.3, -0.25) is 0 Å². The molecular weight excluding hydrogens is 208 g/mol. The zero-order valence-corrected chi connectivity index (χ0v) is 8.59. The summed E-state index contributed by atoms with van der Waals surface area (Å²) in [6.45, 7) is 0. The Labute approximate surface area is 92.7 Å². The smallest absolute Gasteiger partial charge is 0.420 e. The second-order valence-electron chi connectivity index (χ2n) is 3.68. The van der Waals surface area contributed by atoms with Crippen molar-refractivity contribution in [2.45, 2.75) is 18.9 Å². The van der Waals surface area contributed by atoms with E-state index in [9.17, 15) is 9.59 Å². The summed E-state index contributed by atoms with van der Waals surface area (Å²) < 4.78 is 0. The Morgan fingerprint density at radius 1 is 1.25 bits per heavy atom. The first kappa shape index (κ1) is 10.5. The van der Waals surface area contributed by atoms with E-state index in [1.54, 1.807) is 30.3 Å². The molecule has 84 valence electrons. The van der Waals surface area contributed by atoms with Crippen molar-refractivity contribution in [1.82, 2.24) is 5.32 Å². The van der Waals surface area contributed by atoms with Gasteiger partial charge in [-0.2, -0.15) is 4.90 Å². The molecule has 0 radical (unpaired) electrons. The first-order chi connectivity index (χ1) is 7.68. The number of benzene rings is 1. The van der Waals surface area contributed by atoms with E-state index in [0.717, 1.165) is 17.7 Å². The predicted octanol–water partition coefficient (Wildman–Crippen LogP) is 2.04. The van der Waals surface area contributed by atoms with Crippen LogP contribution in [0.3, 0.4) is 0 Å². The summed E-state index contributed by atoms with van der Waals surface area (Å²) in [7, 11) is 0. The van der Waals surface area contributed by atoms with Gasteiger partial charge in [0, 0.05) is 6.04 Å². The maximum atomic E-state index is 11.7. The van der Waals surface area contributed by atoms with Crippen LogP contribution in [0.2, 0.25) is 0 Å². The quantitative estimate of drug-likeness (QED) is 0.801. The zero-order chi connectivity index (χ0) is 11.5. The summed E-state index contributed by atoms with van der Waals surface area (Å²) in [6, 6.07) is 7.87. The monoisotopic (exact) mass is 220 g/mol. The van der Waals surface area contributed by atoms with Crippen molar-refractivity contribution in [2.75, 3.05) is 4.90 Å². The molecule has 1 saturated carbocycles. The van der Waals surface area contributed by atoms with Crippen molar-refractivity contribution in [3.05, 3.63) is 30.3 Å². The van der Waals surface area contributed by atoms with Crippen LogP contribution in [-0.4, -0.2) is 23.3 Å². The van der Waals surface area contributed by atoms with Gasteiger partial charge in [-0.05, 0) is 25.0 Å². The molecule has 1 aliphatic carbocycles. The number of para-hydroxylation sites is 1. The molecule has 1 aromatic carbocycles. The molecule has 0 heterocycles. The average Bonchev–Trinajstić information content (AvgIpc) is 3.03. The Hall–Kier alpha value is -2.04. The van der Waals surface area contributed by atoms with Gasteiger partial charge in [0.1, 0.15) is 0 Å². The van der Waals surface area contributed by atoms with Gasteiger partial charge in [0.2, 0.25) is 0 Å². The Morgan fingerprint density at radius 3 is 2.38 bits per heavy atom. The van der Waals surface area contributed by atoms with Crippen LogP contribution in [0.5, 0.6) is 0 Å². The minimum absolute atomic E-state index is 0.137. The Bertz CT molecular complexity index is 401. The first-order valence-corrected chi connectivity index (χ1v) is 5.07. The van der Waals surface area contributed by atoms with Crippen LogP contribution in [0, 0.1) is 0 Å². The molecule has 1 fully saturated rings. The highest BCUT2D eigenvalue weighted by Gasteiger charge is 2.29. The number of imide groups is 1. The van der Waals surface area contributed by atoms with Gasteiger partial charge in [0.25, 0.3) is 0 Å². The molecule has 0 bridgehead atoms. The Kier molecular flexibility index (Phi) is 2.76. The number of nitrogens with zero attached hydrogens (tertiary/aromatic N) is 1. The molecule has 0 aromatic heterocycles. The van der Waals surface area contributed by atoms with Crippen molar-refractivity contribution >= 4 is 17.8 Å². The van der Waals surface area contributed by atoms with Crippen LogP contribution >= 0.6 is 0 Å². The molecule has 16 heavy (non-hydrogen) atoms. The number of rotatable bonds is 2. The van der Waals surface area contributed by atoms with Gasteiger partial charge in [-0.25, -0.2) is 9.59 Å². The highest BCUT2D eigenvalue weighted by atomic mass is 16.4. The largest absolute Gasteiger partial charge is 0.464 e. The number of urea groups is 1. The predicted molar refractivity (Wildman–Crippen MR) is 58.5 cm³/mol. The third-order valence-corrected chi connectivity index (χ3v) is 2.31. The van der Waals surface area contributed by atoms with Crippen molar-refractivity contribution in [1.29, 1.82) is 0 Å². The summed E-state index contributed by atoms with van der Waals surface area (Å²) in [4.78, 5) is 23.4. The lowest BCUT2D eigenvalue weighted by molar-refractivity contribution is 0.199. The van der Waals surface area contributed by atoms with Gasteiger partial charge < -0.3 is 10.4 Å². The van der Waals surface area contributed by atoms with E-state index in [-0.39, 0.29) is 6.04 Å². The molecule has 0 spiro atoms. The molecule has 0 unspecified atom stereocenters. The first-order valence-electron chi connectivity index (χ1n) is 5.07.